The fraction of sp³-hybridized carbons (Fsp3) is 0.294. The zero-order valence-electron chi connectivity index (χ0n) is 13.8. The number of rotatable bonds is 2. The number of nitrogens with zero attached hydrogens (tertiary/aromatic N) is 2. The second kappa shape index (κ2) is 6.49. The van der Waals surface area contributed by atoms with Crippen LogP contribution in [-0.4, -0.2) is 50.6 Å². The van der Waals surface area contributed by atoms with Crippen molar-refractivity contribution in [2.24, 2.45) is 4.40 Å². The number of carbonyl (C=O) groups excluding carboxylic acids is 1. The molecule has 0 saturated heterocycles. The molecule has 8 nitrogen and oxygen atoms in total. The van der Waals surface area contributed by atoms with Gasteiger partial charge in [-0.05, 0) is 24.3 Å². The highest BCUT2D eigenvalue weighted by atomic mass is 32.2. The zero-order chi connectivity index (χ0) is 18.1. The monoisotopic (exact) mass is 375 g/mol. The van der Waals surface area contributed by atoms with E-state index in [9.17, 15) is 13.2 Å². The van der Waals surface area contributed by atoms with Crippen LogP contribution in [0.3, 0.4) is 0 Å². The molecule has 26 heavy (non-hydrogen) atoms. The van der Waals surface area contributed by atoms with E-state index in [-0.39, 0.29) is 18.2 Å². The van der Waals surface area contributed by atoms with E-state index >= 15 is 0 Å². The van der Waals surface area contributed by atoms with Crippen LogP contribution in [0.4, 0.5) is 5.69 Å². The zero-order valence-corrected chi connectivity index (χ0v) is 14.7. The third-order valence-corrected chi connectivity index (χ3v) is 5.26. The van der Waals surface area contributed by atoms with Gasteiger partial charge >= 0.3 is 0 Å². The van der Waals surface area contributed by atoms with Crippen LogP contribution in [0.2, 0.25) is 0 Å². The van der Waals surface area contributed by atoms with Crippen LogP contribution in [0.15, 0.2) is 46.5 Å². The molecule has 0 saturated carbocycles. The maximum atomic E-state index is 12.5. The van der Waals surface area contributed by atoms with Crippen LogP contribution in [0.5, 0.6) is 11.5 Å². The molecule has 0 aromatic heterocycles. The van der Waals surface area contributed by atoms with Crippen molar-refractivity contribution in [2.75, 3.05) is 30.8 Å². The van der Waals surface area contributed by atoms with Gasteiger partial charge in [0.2, 0.25) is 0 Å². The Morgan fingerprint density at radius 1 is 1.15 bits per heavy atom. The number of carbonyl (C=O) groups is 1. The minimum Gasteiger partial charge on any atom is -0.490 e. The van der Waals surface area contributed by atoms with Gasteiger partial charge in [-0.1, -0.05) is 0 Å². The average molecular weight is 375 g/mol. The molecule has 3 aliphatic rings. The molecule has 4 rings (SSSR count). The van der Waals surface area contributed by atoms with E-state index in [1.165, 1.54) is 6.08 Å². The largest absolute Gasteiger partial charge is 0.490 e. The van der Waals surface area contributed by atoms with Crippen molar-refractivity contribution < 1.29 is 22.7 Å². The topological polar surface area (TPSA) is 97.3 Å². The van der Waals surface area contributed by atoms with E-state index in [0.29, 0.717) is 41.8 Å². The molecule has 0 unspecified atom stereocenters. The van der Waals surface area contributed by atoms with Gasteiger partial charge in [0.1, 0.15) is 5.84 Å². The predicted molar refractivity (Wildman–Crippen MR) is 95.8 cm³/mol. The fourth-order valence-electron chi connectivity index (χ4n) is 2.78. The first-order valence-corrected chi connectivity index (χ1v) is 9.81. The molecule has 0 bridgehead atoms. The molecule has 3 aliphatic heterocycles. The van der Waals surface area contributed by atoms with Crippen LogP contribution < -0.4 is 14.8 Å². The quantitative estimate of drug-likeness (QED) is 0.836. The third-order valence-electron chi connectivity index (χ3n) is 4.09. The first kappa shape index (κ1) is 16.6. The Hall–Kier alpha value is -2.81. The van der Waals surface area contributed by atoms with E-state index < -0.39 is 10.0 Å². The van der Waals surface area contributed by atoms with Gasteiger partial charge in [0.25, 0.3) is 15.9 Å². The minimum absolute atomic E-state index is 0.0715. The molecule has 1 amide bonds. The number of sulfonamides is 1. The van der Waals surface area contributed by atoms with Crippen molar-refractivity contribution in [1.82, 2.24) is 4.90 Å². The number of ether oxygens (including phenoxy) is 2. The van der Waals surface area contributed by atoms with Gasteiger partial charge in [0.15, 0.2) is 11.5 Å². The van der Waals surface area contributed by atoms with Crippen molar-refractivity contribution in [2.45, 2.75) is 6.42 Å². The molecule has 0 aliphatic carbocycles. The predicted octanol–water partition coefficient (Wildman–Crippen LogP) is 1.28. The number of amidine groups is 1. The number of fused-ring (bicyclic) bond motifs is 2. The second-order valence-electron chi connectivity index (χ2n) is 6.01. The minimum atomic E-state index is -3.41. The summed E-state index contributed by atoms with van der Waals surface area (Å²) in [4.78, 5) is 14.2. The molecular formula is C17H17N3O5S. The van der Waals surface area contributed by atoms with Crippen molar-refractivity contribution in [1.29, 1.82) is 0 Å². The van der Waals surface area contributed by atoms with Gasteiger partial charge in [0, 0.05) is 30.9 Å². The maximum absolute atomic E-state index is 12.5. The Bertz CT molecular complexity index is 949. The van der Waals surface area contributed by atoms with Gasteiger partial charge in [-0.2, -0.15) is 0 Å². The summed E-state index contributed by atoms with van der Waals surface area (Å²) in [6.07, 6.45) is 5.49. The summed E-state index contributed by atoms with van der Waals surface area (Å²) in [5, 5.41) is 2.82. The van der Waals surface area contributed by atoms with Gasteiger partial charge < -0.3 is 19.7 Å². The molecular weight excluding hydrogens is 358 g/mol. The smallest absolute Gasteiger partial charge is 0.257 e. The lowest BCUT2D eigenvalue weighted by atomic mass is 10.1. The lowest BCUT2D eigenvalue weighted by Crippen LogP contribution is -2.37. The first-order valence-electron chi connectivity index (χ1n) is 8.20. The molecule has 9 heteroatoms. The Morgan fingerprint density at radius 3 is 2.81 bits per heavy atom. The SMILES string of the molecule is O=C(Nc1ccc2c(c1)OCCCO2)C1=CN2CCS(=O)(=O)N=C2C=C1. The molecule has 1 N–H and O–H groups in total. The second-order valence-corrected chi connectivity index (χ2v) is 7.77. The fourth-order valence-corrected chi connectivity index (χ4v) is 3.75. The average Bonchev–Trinajstić information content (AvgIpc) is 2.85. The van der Waals surface area contributed by atoms with E-state index in [1.54, 1.807) is 35.4 Å². The van der Waals surface area contributed by atoms with E-state index in [4.69, 9.17) is 9.47 Å². The van der Waals surface area contributed by atoms with Crippen LogP contribution in [0.1, 0.15) is 6.42 Å². The standard InChI is InChI=1S/C17H17N3O5S/c21-17(12-2-5-16-19-26(22,23)9-6-20(16)11-12)18-13-3-4-14-15(10-13)25-8-1-7-24-14/h2-5,10-11H,1,6-9H2,(H,18,21). The molecule has 0 spiro atoms. The van der Waals surface area contributed by atoms with Gasteiger partial charge in [-0.15, -0.1) is 4.40 Å². The van der Waals surface area contributed by atoms with E-state index in [0.717, 1.165) is 6.42 Å². The first-order chi connectivity index (χ1) is 12.5. The van der Waals surface area contributed by atoms with Gasteiger partial charge in [0.05, 0.1) is 24.5 Å². The number of hydrogen-bond donors (Lipinski definition) is 1. The Balaban J connectivity index is 1.50. The van der Waals surface area contributed by atoms with Crippen LogP contribution >= 0.6 is 0 Å². The molecule has 0 atom stereocenters. The lowest BCUT2D eigenvalue weighted by Gasteiger charge is -2.26. The number of benzene rings is 1. The molecule has 0 radical (unpaired) electrons. The summed E-state index contributed by atoms with van der Waals surface area (Å²) in [5.74, 6) is 1.21. The Labute approximate surface area is 150 Å². The summed E-state index contributed by atoms with van der Waals surface area (Å²) in [5.41, 5.74) is 1.00. The van der Waals surface area contributed by atoms with E-state index in [2.05, 4.69) is 9.71 Å². The van der Waals surface area contributed by atoms with Crippen molar-refractivity contribution in [3.63, 3.8) is 0 Å². The highest BCUT2D eigenvalue weighted by Crippen LogP contribution is 2.32. The van der Waals surface area contributed by atoms with Crippen molar-refractivity contribution in [3.8, 4) is 11.5 Å². The normalized spacial score (nSPS) is 20.4. The summed E-state index contributed by atoms with van der Waals surface area (Å²) < 4.78 is 38.0. The number of nitrogens with one attached hydrogen (secondary N) is 1. The molecule has 0 fully saturated rings. The molecule has 1 aromatic carbocycles. The van der Waals surface area contributed by atoms with Crippen LogP contribution in [0.25, 0.3) is 0 Å². The molecule has 1 aromatic rings. The van der Waals surface area contributed by atoms with Crippen molar-refractivity contribution >= 4 is 27.5 Å². The summed E-state index contributed by atoms with van der Waals surface area (Å²) in [6.45, 7) is 1.44. The number of anilines is 1. The number of hydrogen-bond acceptors (Lipinski definition) is 6. The summed E-state index contributed by atoms with van der Waals surface area (Å²) in [7, 11) is -3.41. The van der Waals surface area contributed by atoms with Crippen LogP contribution in [-0.2, 0) is 14.8 Å². The lowest BCUT2D eigenvalue weighted by molar-refractivity contribution is -0.112. The third kappa shape index (κ3) is 3.43. The van der Waals surface area contributed by atoms with Gasteiger partial charge in [-0.25, -0.2) is 8.42 Å². The van der Waals surface area contributed by atoms with Crippen molar-refractivity contribution in [3.05, 3.63) is 42.1 Å². The highest BCUT2D eigenvalue weighted by Gasteiger charge is 2.25. The Kier molecular flexibility index (Phi) is 4.15. The number of amides is 1. The van der Waals surface area contributed by atoms with Gasteiger partial charge in [-0.3, -0.25) is 4.79 Å². The summed E-state index contributed by atoms with van der Waals surface area (Å²) in [6, 6.07) is 5.24. The van der Waals surface area contributed by atoms with E-state index in [1.807, 2.05) is 0 Å². The van der Waals surface area contributed by atoms with Crippen LogP contribution in [0, 0.1) is 0 Å². The summed E-state index contributed by atoms with van der Waals surface area (Å²) >= 11 is 0. The maximum Gasteiger partial charge on any atom is 0.257 e. The molecule has 3 heterocycles. The molecule has 136 valence electrons. The highest BCUT2D eigenvalue weighted by molar-refractivity contribution is 7.90. The Morgan fingerprint density at radius 2 is 1.96 bits per heavy atom.